The van der Waals surface area contributed by atoms with Crippen molar-refractivity contribution in [1.82, 2.24) is 0 Å². The number of hydrogen-bond acceptors (Lipinski definition) is 8. The van der Waals surface area contributed by atoms with Gasteiger partial charge in [0.15, 0.2) is 0 Å². The Kier molecular flexibility index (Phi) is 12.2. The second-order valence-corrected chi connectivity index (χ2v) is 13.8. The molecule has 0 amide bonds. The average Bonchev–Trinajstić information content (AvgIpc) is 3.05. The van der Waals surface area contributed by atoms with Crippen LogP contribution in [0.5, 0.6) is 11.5 Å². The van der Waals surface area contributed by atoms with Crippen LogP contribution in [0.4, 0.5) is 0 Å². The fourth-order valence-corrected chi connectivity index (χ4v) is 6.63. The summed E-state index contributed by atoms with van der Waals surface area (Å²) in [5.74, 6) is 1.23. The van der Waals surface area contributed by atoms with Gasteiger partial charge in [-0.05, 0) is 97.5 Å². The summed E-state index contributed by atoms with van der Waals surface area (Å²) in [5.41, 5.74) is 6.47. The van der Waals surface area contributed by atoms with E-state index in [2.05, 4.69) is 13.8 Å². The molecule has 0 saturated carbocycles. The topological polar surface area (TPSA) is 105 Å². The molecule has 244 valence electrons. The van der Waals surface area contributed by atoms with Gasteiger partial charge in [0.25, 0.3) is 20.2 Å². The summed E-state index contributed by atoms with van der Waals surface area (Å²) in [6.07, 6.45) is 1.64. The zero-order valence-corrected chi connectivity index (χ0v) is 28.2. The van der Waals surface area contributed by atoms with Crippen molar-refractivity contribution in [2.45, 2.75) is 50.3 Å². The van der Waals surface area contributed by atoms with Crippen LogP contribution in [0.2, 0.25) is 0 Å². The van der Waals surface area contributed by atoms with Gasteiger partial charge in [0, 0.05) is 0 Å². The van der Waals surface area contributed by atoms with Gasteiger partial charge < -0.3 is 9.47 Å². The van der Waals surface area contributed by atoms with Crippen molar-refractivity contribution in [3.05, 3.63) is 119 Å². The number of rotatable bonds is 16. The molecule has 10 heteroatoms. The second-order valence-electron chi connectivity index (χ2n) is 10.6. The minimum absolute atomic E-state index is 0.0875. The van der Waals surface area contributed by atoms with Gasteiger partial charge in [0.1, 0.15) is 37.9 Å². The van der Waals surface area contributed by atoms with Crippen molar-refractivity contribution in [2.24, 2.45) is 0 Å². The van der Waals surface area contributed by atoms with E-state index >= 15 is 0 Å². The predicted molar refractivity (Wildman–Crippen MR) is 180 cm³/mol. The first-order valence-electron chi connectivity index (χ1n) is 15.1. The maximum Gasteiger partial charge on any atom is 0.297 e. The lowest BCUT2D eigenvalue weighted by atomic mass is 9.91. The molecule has 0 saturated heterocycles. The minimum atomic E-state index is -3.84. The monoisotopic (exact) mass is 664 g/mol. The first-order valence-corrected chi connectivity index (χ1v) is 17.9. The summed E-state index contributed by atoms with van der Waals surface area (Å²) >= 11 is 0. The van der Waals surface area contributed by atoms with Gasteiger partial charge in [-0.2, -0.15) is 16.8 Å². The molecule has 0 bridgehead atoms. The van der Waals surface area contributed by atoms with Crippen molar-refractivity contribution in [1.29, 1.82) is 0 Å². The minimum Gasteiger partial charge on any atom is -0.491 e. The number of allylic oxidation sites excluding steroid dienone is 2. The third-order valence-electron chi connectivity index (χ3n) is 7.28. The number of hydrogen-bond donors (Lipinski definition) is 0. The van der Waals surface area contributed by atoms with Crippen LogP contribution in [0.25, 0.3) is 11.1 Å². The summed E-state index contributed by atoms with van der Waals surface area (Å²) in [6, 6.07) is 28.5. The first kappa shape index (κ1) is 34.9. The fourth-order valence-electron chi connectivity index (χ4n) is 4.84. The summed E-state index contributed by atoms with van der Waals surface area (Å²) in [6.45, 7) is 7.98. The Morgan fingerprint density at radius 1 is 0.478 bits per heavy atom. The van der Waals surface area contributed by atoms with Crippen molar-refractivity contribution in [2.75, 3.05) is 26.4 Å². The third-order valence-corrected chi connectivity index (χ3v) is 9.93. The van der Waals surface area contributed by atoms with E-state index in [4.69, 9.17) is 17.8 Å². The van der Waals surface area contributed by atoms with E-state index in [1.54, 1.807) is 24.3 Å². The lowest BCUT2D eigenvalue weighted by Crippen LogP contribution is -2.13. The molecule has 0 aliphatic rings. The summed E-state index contributed by atoms with van der Waals surface area (Å²) < 4.78 is 71.2. The van der Waals surface area contributed by atoms with Gasteiger partial charge in [0.05, 0.1) is 9.79 Å². The van der Waals surface area contributed by atoms with Gasteiger partial charge in [-0.25, -0.2) is 0 Å². The molecule has 8 nitrogen and oxygen atoms in total. The second kappa shape index (κ2) is 16.0. The smallest absolute Gasteiger partial charge is 0.297 e. The SMILES string of the molecule is CC/C(=C(\CC)c1ccc(OCCOS(=O)(=O)c2ccc(C)cc2)cc1)c1ccc(OCCOS(=O)(=O)c2ccc(C)cc2)cc1. The standard InChI is InChI=1S/C36H40O8S2/c1-5-35(29-11-15-31(16-12-29)41-23-25-43-45(37,38)33-19-7-27(3)8-20-33)36(6-2)30-13-17-32(18-14-30)42-24-26-44-46(39,40)34-21-9-28(4)10-22-34/h7-22H,5-6,23-26H2,1-4H3/b36-35-. The number of benzene rings is 4. The molecule has 0 atom stereocenters. The molecule has 0 aliphatic carbocycles. The van der Waals surface area contributed by atoms with E-state index in [-0.39, 0.29) is 36.2 Å². The highest BCUT2D eigenvalue weighted by atomic mass is 32.2. The van der Waals surface area contributed by atoms with Crippen molar-refractivity contribution < 1.29 is 34.7 Å². The van der Waals surface area contributed by atoms with Gasteiger partial charge in [-0.15, -0.1) is 0 Å². The van der Waals surface area contributed by atoms with Gasteiger partial charge in [-0.3, -0.25) is 8.37 Å². The Hall–Kier alpha value is -3.96. The van der Waals surface area contributed by atoms with Crippen molar-refractivity contribution in [3.8, 4) is 11.5 Å². The maximum atomic E-state index is 12.4. The van der Waals surface area contributed by atoms with Crippen LogP contribution < -0.4 is 9.47 Å². The number of ether oxygens (including phenoxy) is 2. The largest absolute Gasteiger partial charge is 0.491 e. The Morgan fingerprint density at radius 3 is 1.11 bits per heavy atom. The Bertz CT molecular complexity index is 1670. The van der Waals surface area contributed by atoms with Gasteiger partial charge in [0.2, 0.25) is 0 Å². The normalized spacial score (nSPS) is 12.4. The quantitative estimate of drug-likeness (QED) is 0.0685. The van der Waals surface area contributed by atoms with E-state index in [1.165, 1.54) is 35.4 Å². The van der Waals surface area contributed by atoms with Crippen LogP contribution in [0.15, 0.2) is 107 Å². The van der Waals surface area contributed by atoms with E-state index in [9.17, 15) is 16.8 Å². The zero-order chi connectivity index (χ0) is 33.2. The van der Waals surface area contributed by atoms with Crippen LogP contribution in [0.1, 0.15) is 48.9 Å². The molecule has 4 rings (SSSR count). The molecule has 0 N–H and O–H groups in total. The Balaban J connectivity index is 1.31. The lowest BCUT2D eigenvalue weighted by Gasteiger charge is -2.15. The molecule has 0 unspecified atom stereocenters. The highest BCUT2D eigenvalue weighted by Gasteiger charge is 2.16. The highest BCUT2D eigenvalue weighted by molar-refractivity contribution is 7.87. The first-order chi connectivity index (χ1) is 22.0. The van der Waals surface area contributed by atoms with Crippen LogP contribution in [0.3, 0.4) is 0 Å². The predicted octanol–water partition coefficient (Wildman–Crippen LogP) is 7.60. The van der Waals surface area contributed by atoms with Gasteiger partial charge >= 0.3 is 0 Å². The van der Waals surface area contributed by atoms with Crippen molar-refractivity contribution >= 4 is 31.4 Å². The molecule has 0 aliphatic heterocycles. The molecular formula is C36H40O8S2. The summed E-state index contributed by atoms with van der Waals surface area (Å²) in [4.78, 5) is 0.235. The van der Waals surface area contributed by atoms with Crippen LogP contribution in [-0.2, 0) is 28.6 Å². The summed E-state index contributed by atoms with van der Waals surface area (Å²) in [7, 11) is -7.68. The molecular weight excluding hydrogens is 625 g/mol. The van der Waals surface area contributed by atoms with E-state index in [0.29, 0.717) is 11.5 Å². The van der Waals surface area contributed by atoms with Crippen LogP contribution >= 0.6 is 0 Å². The van der Waals surface area contributed by atoms with E-state index in [0.717, 1.165) is 35.1 Å². The molecule has 4 aromatic rings. The molecule has 4 aromatic carbocycles. The Morgan fingerprint density at radius 2 is 0.804 bits per heavy atom. The average molecular weight is 665 g/mol. The molecule has 46 heavy (non-hydrogen) atoms. The van der Waals surface area contributed by atoms with Gasteiger partial charge in [-0.1, -0.05) is 73.5 Å². The third kappa shape index (κ3) is 9.53. The fraction of sp³-hybridized carbons (Fsp3) is 0.278. The highest BCUT2D eigenvalue weighted by Crippen LogP contribution is 2.33. The Labute approximate surface area is 272 Å². The molecule has 0 heterocycles. The van der Waals surface area contributed by atoms with E-state index in [1.807, 2.05) is 62.4 Å². The summed E-state index contributed by atoms with van der Waals surface area (Å²) in [5, 5.41) is 0. The molecule has 0 spiro atoms. The van der Waals surface area contributed by atoms with Crippen LogP contribution in [0, 0.1) is 13.8 Å². The van der Waals surface area contributed by atoms with Crippen molar-refractivity contribution in [3.63, 3.8) is 0 Å². The number of aryl methyl sites for hydroxylation is 2. The van der Waals surface area contributed by atoms with E-state index < -0.39 is 20.2 Å². The lowest BCUT2D eigenvalue weighted by molar-refractivity contribution is 0.221. The molecule has 0 fully saturated rings. The van der Waals surface area contributed by atoms with Crippen LogP contribution in [-0.4, -0.2) is 43.3 Å². The zero-order valence-electron chi connectivity index (χ0n) is 26.6. The molecule has 0 aromatic heterocycles. The maximum absolute atomic E-state index is 12.4. The molecule has 0 radical (unpaired) electrons.